The maximum Gasteiger partial charge on any atom is 0.233 e. The van der Waals surface area contributed by atoms with Gasteiger partial charge >= 0.3 is 0 Å². The average Bonchev–Trinajstić information content (AvgIpc) is 3.26. The second-order valence-electron chi connectivity index (χ2n) is 7.21. The van der Waals surface area contributed by atoms with E-state index in [1.54, 1.807) is 11.1 Å². The van der Waals surface area contributed by atoms with Gasteiger partial charge < -0.3 is 4.90 Å². The van der Waals surface area contributed by atoms with Crippen LogP contribution in [0.1, 0.15) is 31.7 Å². The molecule has 3 rings (SSSR count). The molecule has 1 saturated heterocycles. The summed E-state index contributed by atoms with van der Waals surface area (Å²) < 4.78 is 25.7. The first-order valence-electron chi connectivity index (χ1n) is 9.62. The molecule has 0 bridgehead atoms. The number of imidazole rings is 1. The zero-order valence-corrected chi connectivity index (χ0v) is 18.0. The Morgan fingerprint density at radius 3 is 2.89 bits per heavy atom. The minimum atomic E-state index is -3.02. The average molecular weight is 422 g/mol. The highest BCUT2D eigenvalue weighted by Gasteiger charge is 2.34. The largest absolute Gasteiger partial charge is 0.338 e. The number of sulfone groups is 1. The van der Waals surface area contributed by atoms with Crippen molar-refractivity contribution in [1.82, 2.24) is 14.5 Å². The van der Waals surface area contributed by atoms with E-state index in [0.717, 1.165) is 29.2 Å². The molecule has 6 nitrogen and oxygen atoms in total. The van der Waals surface area contributed by atoms with Crippen LogP contribution in [-0.2, 0) is 14.6 Å². The Bertz CT molecular complexity index is 924. The maximum atomic E-state index is 12.9. The van der Waals surface area contributed by atoms with Gasteiger partial charge in [-0.05, 0) is 37.5 Å². The molecule has 1 aliphatic rings. The van der Waals surface area contributed by atoms with Crippen LogP contribution >= 0.6 is 11.8 Å². The van der Waals surface area contributed by atoms with E-state index >= 15 is 0 Å². The summed E-state index contributed by atoms with van der Waals surface area (Å²) in [5.74, 6) is 0.506. The highest BCUT2D eigenvalue weighted by molar-refractivity contribution is 7.99. The number of aromatic nitrogens is 2. The zero-order valence-electron chi connectivity index (χ0n) is 16.4. The molecule has 1 aliphatic heterocycles. The number of carbonyl (C=O) groups excluding carboxylic acids is 1. The van der Waals surface area contributed by atoms with Crippen LogP contribution in [0, 0.1) is 6.92 Å². The van der Waals surface area contributed by atoms with Crippen LogP contribution < -0.4 is 0 Å². The summed E-state index contributed by atoms with van der Waals surface area (Å²) in [6.45, 7) is 4.72. The first kappa shape index (κ1) is 20.9. The van der Waals surface area contributed by atoms with Gasteiger partial charge in [0.2, 0.25) is 5.91 Å². The number of unbranched alkanes of at least 4 members (excludes halogenated alkanes) is 1. The van der Waals surface area contributed by atoms with Gasteiger partial charge in [-0.3, -0.25) is 9.36 Å². The molecule has 1 aromatic carbocycles. The van der Waals surface area contributed by atoms with E-state index in [1.165, 1.54) is 11.8 Å². The number of thioether (sulfide) groups is 1. The van der Waals surface area contributed by atoms with Crippen molar-refractivity contribution in [3.63, 3.8) is 0 Å². The van der Waals surface area contributed by atoms with Gasteiger partial charge in [-0.1, -0.05) is 37.2 Å². The van der Waals surface area contributed by atoms with E-state index in [2.05, 4.69) is 18.0 Å². The number of carbonyl (C=O) groups is 1. The molecule has 1 aromatic heterocycles. The van der Waals surface area contributed by atoms with Crippen LogP contribution in [0.15, 0.2) is 41.8 Å². The molecule has 8 heteroatoms. The Morgan fingerprint density at radius 1 is 1.39 bits per heavy atom. The Hall–Kier alpha value is -1.80. The predicted molar refractivity (Wildman–Crippen MR) is 113 cm³/mol. The van der Waals surface area contributed by atoms with Crippen molar-refractivity contribution in [1.29, 1.82) is 0 Å². The molecular formula is C20H27N3O3S2. The Kier molecular flexibility index (Phi) is 6.82. The van der Waals surface area contributed by atoms with E-state index in [4.69, 9.17) is 0 Å². The molecule has 2 heterocycles. The molecule has 0 saturated carbocycles. The number of hydrogen-bond donors (Lipinski definition) is 0. The molecule has 0 unspecified atom stereocenters. The molecule has 1 atom stereocenters. The summed E-state index contributed by atoms with van der Waals surface area (Å²) >= 11 is 1.39. The summed E-state index contributed by atoms with van der Waals surface area (Å²) in [6.07, 6.45) is 6.01. The number of hydrogen-bond acceptors (Lipinski definition) is 5. The molecule has 1 amide bonds. The van der Waals surface area contributed by atoms with Gasteiger partial charge in [0.05, 0.1) is 17.3 Å². The predicted octanol–water partition coefficient (Wildman–Crippen LogP) is 3.09. The van der Waals surface area contributed by atoms with E-state index < -0.39 is 9.84 Å². The van der Waals surface area contributed by atoms with Crippen LogP contribution in [0.25, 0.3) is 5.69 Å². The summed E-state index contributed by atoms with van der Waals surface area (Å²) in [4.78, 5) is 19.1. The molecule has 152 valence electrons. The molecule has 28 heavy (non-hydrogen) atoms. The second-order valence-corrected chi connectivity index (χ2v) is 10.4. The highest BCUT2D eigenvalue weighted by Crippen LogP contribution is 2.24. The molecule has 0 radical (unpaired) electrons. The Balaban J connectivity index is 1.69. The van der Waals surface area contributed by atoms with Crippen molar-refractivity contribution in [3.8, 4) is 5.69 Å². The van der Waals surface area contributed by atoms with Gasteiger partial charge in [-0.25, -0.2) is 13.4 Å². The first-order valence-corrected chi connectivity index (χ1v) is 12.4. The normalized spacial score (nSPS) is 18.3. The lowest BCUT2D eigenvalue weighted by Crippen LogP contribution is -2.42. The lowest BCUT2D eigenvalue weighted by molar-refractivity contribution is -0.130. The maximum absolute atomic E-state index is 12.9. The number of nitrogens with zero attached hydrogens (tertiary/aromatic N) is 3. The second kappa shape index (κ2) is 9.13. The fourth-order valence-corrected chi connectivity index (χ4v) is 6.03. The minimum absolute atomic E-state index is 0.0145. The van der Waals surface area contributed by atoms with Crippen LogP contribution in [0.5, 0.6) is 0 Å². The zero-order chi connectivity index (χ0) is 20.1. The standard InChI is InChI=1S/C20H27N3O3S2/c1-3-4-10-22(18-8-12-28(25,26)15-18)19(24)14-27-20-21-9-11-23(20)17-7-5-6-16(2)13-17/h5-7,9,11,13,18H,3-4,8,10,12,14-15H2,1-2H3/t18-/m1/s1. The van der Waals surface area contributed by atoms with Crippen LogP contribution in [0.4, 0.5) is 0 Å². The topological polar surface area (TPSA) is 72.3 Å². The highest BCUT2D eigenvalue weighted by atomic mass is 32.2. The van der Waals surface area contributed by atoms with Gasteiger partial charge in [0.1, 0.15) is 0 Å². The van der Waals surface area contributed by atoms with Gasteiger partial charge in [0.25, 0.3) is 0 Å². The van der Waals surface area contributed by atoms with Gasteiger partial charge in [-0.2, -0.15) is 0 Å². The fourth-order valence-electron chi connectivity index (χ4n) is 3.44. The van der Waals surface area contributed by atoms with Crippen molar-refractivity contribution in [2.45, 2.75) is 44.3 Å². The van der Waals surface area contributed by atoms with Crippen molar-refractivity contribution in [2.24, 2.45) is 0 Å². The third-order valence-electron chi connectivity index (χ3n) is 4.93. The van der Waals surface area contributed by atoms with Crippen molar-refractivity contribution >= 4 is 27.5 Å². The van der Waals surface area contributed by atoms with E-state index in [9.17, 15) is 13.2 Å². The third-order valence-corrected chi connectivity index (χ3v) is 7.64. The fraction of sp³-hybridized carbons (Fsp3) is 0.500. The van der Waals surface area contributed by atoms with Crippen LogP contribution in [-0.4, -0.2) is 58.6 Å². The smallest absolute Gasteiger partial charge is 0.233 e. The molecule has 1 fully saturated rings. The van der Waals surface area contributed by atoms with E-state index in [1.807, 2.05) is 35.9 Å². The molecule has 0 spiro atoms. The summed E-state index contributed by atoms with van der Waals surface area (Å²) in [5, 5.41) is 0.758. The quantitative estimate of drug-likeness (QED) is 0.613. The Labute approximate surface area is 171 Å². The minimum Gasteiger partial charge on any atom is -0.338 e. The van der Waals surface area contributed by atoms with Gasteiger partial charge in [-0.15, -0.1) is 0 Å². The van der Waals surface area contributed by atoms with Gasteiger partial charge in [0, 0.05) is 30.7 Å². The number of aryl methyl sites for hydroxylation is 1. The lowest BCUT2D eigenvalue weighted by atomic mass is 10.2. The van der Waals surface area contributed by atoms with Crippen molar-refractivity contribution in [2.75, 3.05) is 23.8 Å². The molecular weight excluding hydrogens is 394 g/mol. The summed E-state index contributed by atoms with van der Waals surface area (Å²) in [6, 6.07) is 7.93. The molecule has 0 N–H and O–H groups in total. The SMILES string of the molecule is CCCCN(C(=O)CSc1nccn1-c1cccc(C)c1)[C@@H]1CCS(=O)(=O)C1. The lowest BCUT2D eigenvalue weighted by Gasteiger charge is -2.28. The van der Waals surface area contributed by atoms with Crippen LogP contribution in [0.2, 0.25) is 0 Å². The van der Waals surface area contributed by atoms with E-state index in [0.29, 0.717) is 13.0 Å². The molecule has 0 aliphatic carbocycles. The van der Waals surface area contributed by atoms with Crippen LogP contribution in [0.3, 0.4) is 0 Å². The van der Waals surface area contributed by atoms with E-state index in [-0.39, 0.29) is 29.2 Å². The monoisotopic (exact) mass is 421 g/mol. The first-order chi connectivity index (χ1) is 13.4. The number of rotatable bonds is 8. The summed E-state index contributed by atoms with van der Waals surface area (Å²) in [5.41, 5.74) is 2.17. The number of benzene rings is 1. The molecule has 2 aromatic rings. The number of amides is 1. The van der Waals surface area contributed by atoms with Crippen molar-refractivity contribution < 1.29 is 13.2 Å². The third kappa shape index (κ3) is 5.17. The van der Waals surface area contributed by atoms with Crippen molar-refractivity contribution in [3.05, 3.63) is 42.2 Å². The van der Waals surface area contributed by atoms with Gasteiger partial charge in [0.15, 0.2) is 15.0 Å². The Morgan fingerprint density at radius 2 is 2.21 bits per heavy atom. The summed E-state index contributed by atoms with van der Waals surface area (Å²) in [7, 11) is -3.02.